The van der Waals surface area contributed by atoms with Crippen LogP contribution in [0.15, 0.2) is 30.6 Å². The van der Waals surface area contributed by atoms with E-state index in [4.69, 9.17) is 0 Å². The SMILES string of the molecule is Fc1ccc(CN2C3CC2CN(c2cc(C4CC4)ncn2)C3)cc1F. The number of piperidine rings is 1. The third-order valence-corrected chi connectivity index (χ3v) is 5.69. The Labute approximate surface area is 145 Å². The number of rotatable bonds is 4. The number of anilines is 1. The summed E-state index contributed by atoms with van der Waals surface area (Å²) in [4.78, 5) is 13.6. The van der Waals surface area contributed by atoms with E-state index in [1.165, 1.54) is 37.1 Å². The number of piperazine rings is 1. The van der Waals surface area contributed by atoms with Crippen LogP contribution in [-0.4, -0.2) is 40.0 Å². The molecule has 2 atom stereocenters. The second-order valence-corrected chi connectivity index (χ2v) is 7.44. The lowest BCUT2D eigenvalue weighted by molar-refractivity contribution is -0.00877. The van der Waals surface area contributed by atoms with Gasteiger partial charge in [0.2, 0.25) is 0 Å². The van der Waals surface area contributed by atoms with E-state index in [0.717, 1.165) is 24.5 Å². The first-order valence-corrected chi connectivity index (χ1v) is 8.94. The second-order valence-electron chi connectivity index (χ2n) is 7.44. The number of halogens is 2. The molecule has 1 aliphatic carbocycles. The topological polar surface area (TPSA) is 32.3 Å². The molecular weight excluding hydrogens is 322 g/mol. The van der Waals surface area contributed by atoms with Crippen LogP contribution in [0.2, 0.25) is 0 Å². The second kappa shape index (κ2) is 5.73. The Morgan fingerprint density at radius 1 is 1.00 bits per heavy atom. The lowest BCUT2D eigenvalue weighted by Crippen LogP contribution is -2.68. The van der Waals surface area contributed by atoms with E-state index in [-0.39, 0.29) is 0 Å². The molecule has 4 fully saturated rings. The standard InChI is InChI=1S/C19H20F2N4/c20-16-4-1-12(5-17(16)21)8-25-14-6-15(25)10-24(9-14)19-7-18(13-2-3-13)22-11-23-19/h1,4-5,7,11,13-15H,2-3,6,8-10H2. The highest BCUT2D eigenvalue weighted by Gasteiger charge is 2.44. The molecule has 4 aliphatic rings. The molecule has 6 rings (SSSR count). The largest absolute Gasteiger partial charge is 0.353 e. The van der Waals surface area contributed by atoms with Crippen molar-refractivity contribution in [1.82, 2.24) is 14.9 Å². The Morgan fingerprint density at radius 2 is 1.80 bits per heavy atom. The smallest absolute Gasteiger partial charge is 0.159 e. The van der Waals surface area contributed by atoms with Gasteiger partial charge in [0.05, 0.1) is 0 Å². The van der Waals surface area contributed by atoms with Gasteiger partial charge < -0.3 is 4.90 Å². The van der Waals surface area contributed by atoms with Gasteiger partial charge in [-0.25, -0.2) is 18.7 Å². The molecule has 6 heteroatoms. The van der Waals surface area contributed by atoms with Crippen molar-refractivity contribution in [1.29, 1.82) is 0 Å². The van der Waals surface area contributed by atoms with Gasteiger partial charge in [0.25, 0.3) is 0 Å². The van der Waals surface area contributed by atoms with Gasteiger partial charge in [-0.05, 0) is 37.0 Å². The molecule has 4 heterocycles. The van der Waals surface area contributed by atoms with Crippen molar-refractivity contribution in [3.63, 3.8) is 0 Å². The summed E-state index contributed by atoms with van der Waals surface area (Å²) in [5.41, 5.74) is 2.00. The Morgan fingerprint density at radius 3 is 2.52 bits per heavy atom. The Kier molecular flexibility index (Phi) is 3.48. The molecule has 0 amide bonds. The first-order chi connectivity index (χ1) is 12.2. The van der Waals surface area contributed by atoms with Crippen molar-refractivity contribution >= 4 is 5.82 Å². The first kappa shape index (κ1) is 15.2. The van der Waals surface area contributed by atoms with Crippen LogP contribution < -0.4 is 4.90 Å². The molecule has 2 aromatic rings. The number of nitrogens with zero attached hydrogens (tertiary/aromatic N) is 4. The highest BCUT2D eigenvalue weighted by Crippen LogP contribution is 2.40. The number of hydrogen-bond donors (Lipinski definition) is 0. The number of fused-ring (bicyclic) bond motifs is 2. The molecule has 1 aromatic carbocycles. The van der Waals surface area contributed by atoms with Crippen molar-refractivity contribution in [3.05, 3.63) is 53.5 Å². The third kappa shape index (κ3) is 2.78. The van der Waals surface area contributed by atoms with Crippen LogP contribution in [0.1, 0.15) is 36.4 Å². The van der Waals surface area contributed by atoms with E-state index in [1.54, 1.807) is 12.4 Å². The Balaban J connectivity index is 1.27. The van der Waals surface area contributed by atoms with E-state index >= 15 is 0 Å². The molecule has 0 radical (unpaired) electrons. The maximum atomic E-state index is 13.4. The Bertz CT molecular complexity index is 796. The molecule has 2 bridgehead atoms. The fraction of sp³-hybridized carbons (Fsp3) is 0.474. The van der Waals surface area contributed by atoms with E-state index in [9.17, 15) is 8.78 Å². The summed E-state index contributed by atoms with van der Waals surface area (Å²) in [7, 11) is 0. The van der Waals surface area contributed by atoms with Crippen LogP contribution in [0.4, 0.5) is 14.6 Å². The summed E-state index contributed by atoms with van der Waals surface area (Å²) in [5.74, 6) is 0.109. The first-order valence-electron chi connectivity index (χ1n) is 8.94. The average Bonchev–Trinajstić information content (AvgIpc) is 3.48. The molecular formula is C19H20F2N4. The minimum absolute atomic E-state index is 0.450. The zero-order valence-electron chi connectivity index (χ0n) is 13.9. The summed E-state index contributed by atoms with van der Waals surface area (Å²) in [5, 5.41) is 0. The summed E-state index contributed by atoms with van der Waals surface area (Å²) in [6, 6.07) is 7.25. The van der Waals surface area contributed by atoms with Crippen LogP contribution in [0.3, 0.4) is 0 Å². The van der Waals surface area contributed by atoms with Crippen molar-refractivity contribution in [2.24, 2.45) is 0 Å². The van der Waals surface area contributed by atoms with Gasteiger partial charge in [-0.1, -0.05) is 6.07 Å². The van der Waals surface area contributed by atoms with Gasteiger partial charge in [0, 0.05) is 49.4 Å². The van der Waals surface area contributed by atoms with Crippen LogP contribution in [0, 0.1) is 11.6 Å². The van der Waals surface area contributed by atoms with Gasteiger partial charge in [0.15, 0.2) is 11.6 Å². The highest BCUT2D eigenvalue weighted by atomic mass is 19.2. The summed E-state index contributed by atoms with van der Waals surface area (Å²) in [6.45, 7) is 2.54. The van der Waals surface area contributed by atoms with Gasteiger partial charge >= 0.3 is 0 Å². The lowest BCUT2D eigenvalue weighted by atomic mass is 9.86. The van der Waals surface area contributed by atoms with Gasteiger partial charge in [-0.2, -0.15) is 0 Å². The molecule has 1 aromatic heterocycles. The monoisotopic (exact) mass is 342 g/mol. The molecule has 0 spiro atoms. The average molecular weight is 342 g/mol. The van der Waals surface area contributed by atoms with Crippen LogP contribution in [0.5, 0.6) is 0 Å². The van der Waals surface area contributed by atoms with E-state index in [2.05, 4.69) is 25.8 Å². The number of benzene rings is 1. The number of aromatic nitrogens is 2. The van der Waals surface area contributed by atoms with Crippen molar-refractivity contribution in [2.75, 3.05) is 18.0 Å². The third-order valence-electron chi connectivity index (χ3n) is 5.69. The zero-order valence-corrected chi connectivity index (χ0v) is 13.9. The quantitative estimate of drug-likeness (QED) is 0.855. The van der Waals surface area contributed by atoms with E-state index in [1.807, 2.05) is 0 Å². The molecule has 2 unspecified atom stereocenters. The normalized spacial score (nSPS) is 25.8. The predicted octanol–water partition coefficient (Wildman–Crippen LogP) is 3.10. The minimum Gasteiger partial charge on any atom is -0.353 e. The minimum atomic E-state index is -0.783. The highest BCUT2D eigenvalue weighted by molar-refractivity contribution is 5.43. The molecule has 3 aliphatic heterocycles. The summed E-state index contributed by atoms with van der Waals surface area (Å²) in [6.07, 6.45) is 5.33. The molecule has 4 nitrogen and oxygen atoms in total. The fourth-order valence-corrected chi connectivity index (χ4v) is 4.12. The van der Waals surface area contributed by atoms with Crippen molar-refractivity contribution < 1.29 is 8.78 Å². The predicted molar refractivity (Wildman–Crippen MR) is 90.3 cm³/mol. The number of hydrogen-bond acceptors (Lipinski definition) is 4. The van der Waals surface area contributed by atoms with Crippen LogP contribution in [-0.2, 0) is 6.54 Å². The van der Waals surface area contributed by atoms with Gasteiger partial charge in [0.1, 0.15) is 12.1 Å². The zero-order chi connectivity index (χ0) is 17.0. The Hall–Kier alpha value is -2.08. The van der Waals surface area contributed by atoms with Crippen LogP contribution in [0.25, 0.3) is 0 Å². The van der Waals surface area contributed by atoms with E-state index in [0.29, 0.717) is 24.5 Å². The molecule has 25 heavy (non-hydrogen) atoms. The summed E-state index contributed by atoms with van der Waals surface area (Å²) >= 11 is 0. The fourth-order valence-electron chi connectivity index (χ4n) is 4.12. The molecule has 0 N–H and O–H groups in total. The van der Waals surface area contributed by atoms with E-state index < -0.39 is 11.6 Å². The van der Waals surface area contributed by atoms with Crippen molar-refractivity contribution in [3.8, 4) is 0 Å². The lowest BCUT2D eigenvalue weighted by Gasteiger charge is -2.56. The van der Waals surface area contributed by atoms with Gasteiger partial charge in [-0.15, -0.1) is 0 Å². The molecule has 3 saturated heterocycles. The van der Waals surface area contributed by atoms with Gasteiger partial charge in [-0.3, -0.25) is 4.90 Å². The maximum absolute atomic E-state index is 13.4. The maximum Gasteiger partial charge on any atom is 0.159 e. The summed E-state index contributed by atoms with van der Waals surface area (Å²) < 4.78 is 26.5. The molecule has 130 valence electrons. The van der Waals surface area contributed by atoms with Crippen molar-refractivity contribution in [2.45, 2.75) is 43.8 Å². The van der Waals surface area contributed by atoms with Crippen LogP contribution >= 0.6 is 0 Å². The molecule has 1 saturated carbocycles.